The van der Waals surface area contributed by atoms with Crippen molar-refractivity contribution < 1.29 is 4.42 Å². The molecular weight excluding hydrogens is 331 g/mol. The number of halogens is 3. The number of furan rings is 1. The van der Waals surface area contributed by atoms with Crippen LogP contribution in [0.25, 0.3) is 11.0 Å². The third-order valence-electron chi connectivity index (χ3n) is 3.48. The molecule has 21 heavy (non-hydrogen) atoms. The average molecular weight is 344 g/mol. The highest BCUT2D eigenvalue weighted by atomic mass is 35.5. The van der Waals surface area contributed by atoms with Gasteiger partial charge >= 0.3 is 0 Å². The average Bonchev–Trinajstić information content (AvgIpc) is 3.02. The number of fused-ring (bicyclic) bond motifs is 1. The molecule has 2 heterocycles. The Balaban J connectivity index is 2.22. The molecule has 3 nitrogen and oxygen atoms in total. The molecule has 0 saturated heterocycles. The molecule has 0 fully saturated rings. The highest BCUT2D eigenvalue weighted by Crippen LogP contribution is 2.32. The molecule has 0 saturated carbocycles. The zero-order chi connectivity index (χ0) is 15.1. The maximum Gasteiger partial charge on any atom is 0.126 e. The molecule has 6 heteroatoms. The first-order valence-corrected chi connectivity index (χ1v) is 7.78. The summed E-state index contributed by atoms with van der Waals surface area (Å²) in [5, 5.41) is 0.977. The van der Waals surface area contributed by atoms with Gasteiger partial charge in [-0.15, -0.1) is 11.6 Å². The van der Waals surface area contributed by atoms with Gasteiger partial charge in [-0.25, -0.2) is 4.98 Å². The third kappa shape index (κ3) is 2.54. The Morgan fingerprint density at radius 3 is 2.57 bits per heavy atom. The molecule has 2 aromatic heterocycles. The number of rotatable bonds is 3. The van der Waals surface area contributed by atoms with E-state index in [9.17, 15) is 0 Å². The van der Waals surface area contributed by atoms with E-state index in [1.807, 2.05) is 36.6 Å². The van der Waals surface area contributed by atoms with E-state index in [0.717, 1.165) is 28.4 Å². The second-order valence-corrected chi connectivity index (χ2v) is 5.99. The summed E-state index contributed by atoms with van der Waals surface area (Å²) in [6.07, 6.45) is 0. The summed E-state index contributed by atoms with van der Waals surface area (Å²) >= 11 is 18.2. The summed E-state index contributed by atoms with van der Waals surface area (Å²) < 4.78 is 7.75. The van der Waals surface area contributed by atoms with E-state index < -0.39 is 0 Å². The van der Waals surface area contributed by atoms with Crippen molar-refractivity contribution in [1.29, 1.82) is 0 Å². The fourth-order valence-electron chi connectivity index (χ4n) is 2.47. The molecule has 1 atom stereocenters. The smallest absolute Gasteiger partial charge is 0.126 e. The van der Waals surface area contributed by atoms with Crippen LogP contribution in [0.4, 0.5) is 0 Å². The van der Waals surface area contributed by atoms with Crippen LogP contribution in [0, 0.1) is 6.92 Å². The standard InChI is InChI=1S/C15H13Cl3N2O/c1-8-3-4-14(21-8)9(2)20-13-6-11(18)10(17)5-12(13)19-15(20)7-16/h3-6,9H,7H2,1-2H3. The highest BCUT2D eigenvalue weighted by Gasteiger charge is 2.20. The van der Waals surface area contributed by atoms with Crippen LogP contribution in [0.3, 0.4) is 0 Å². The van der Waals surface area contributed by atoms with Crippen molar-refractivity contribution in [3.8, 4) is 0 Å². The Labute approximate surface area is 137 Å². The first-order valence-electron chi connectivity index (χ1n) is 6.49. The molecular formula is C15H13Cl3N2O. The van der Waals surface area contributed by atoms with Crippen molar-refractivity contribution in [3.05, 3.63) is 51.7 Å². The Morgan fingerprint density at radius 1 is 1.24 bits per heavy atom. The molecule has 1 aromatic carbocycles. The van der Waals surface area contributed by atoms with Crippen LogP contribution in [-0.2, 0) is 5.88 Å². The number of imidazole rings is 1. The maximum absolute atomic E-state index is 6.14. The molecule has 0 aliphatic carbocycles. The molecule has 0 N–H and O–H groups in total. The van der Waals surface area contributed by atoms with E-state index in [0.29, 0.717) is 15.9 Å². The number of aryl methyl sites for hydroxylation is 1. The minimum atomic E-state index is -0.0327. The zero-order valence-electron chi connectivity index (χ0n) is 11.5. The molecule has 3 rings (SSSR count). The fourth-order valence-corrected chi connectivity index (χ4v) is 2.98. The molecule has 0 radical (unpaired) electrons. The van der Waals surface area contributed by atoms with Crippen molar-refractivity contribution >= 4 is 45.8 Å². The van der Waals surface area contributed by atoms with Gasteiger partial charge in [0.2, 0.25) is 0 Å². The first-order chi connectivity index (χ1) is 10.0. The Hall–Kier alpha value is -1.16. The van der Waals surface area contributed by atoms with Crippen LogP contribution < -0.4 is 0 Å². The third-order valence-corrected chi connectivity index (χ3v) is 4.45. The zero-order valence-corrected chi connectivity index (χ0v) is 13.8. The molecule has 0 aliphatic heterocycles. The minimum Gasteiger partial charge on any atom is -0.464 e. The van der Waals surface area contributed by atoms with Gasteiger partial charge in [0.25, 0.3) is 0 Å². The van der Waals surface area contributed by atoms with E-state index in [4.69, 9.17) is 39.2 Å². The van der Waals surface area contributed by atoms with Crippen LogP contribution in [0.1, 0.15) is 30.3 Å². The molecule has 0 aliphatic rings. The largest absolute Gasteiger partial charge is 0.464 e. The van der Waals surface area contributed by atoms with Gasteiger partial charge in [-0.1, -0.05) is 23.2 Å². The van der Waals surface area contributed by atoms with Crippen molar-refractivity contribution in [2.75, 3.05) is 0 Å². The summed E-state index contributed by atoms with van der Waals surface area (Å²) in [5.74, 6) is 2.78. The molecule has 1 unspecified atom stereocenters. The van der Waals surface area contributed by atoms with Gasteiger partial charge in [-0.05, 0) is 38.1 Å². The van der Waals surface area contributed by atoms with Crippen molar-refractivity contribution in [1.82, 2.24) is 9.55 Å². The number of hydrogen-bond donors (Lipinski definition) is 0. The fraction of sp³-hybridized carbons (Fsp3) is 0.267. The molecule has 0 spiro atoms. The minimum absolute atomic E-state index is 0.0327. The molecule has 0 amide bonds. The van der Waals surface area contributed by atoms with Crippen molar-refractivity contribution in [3.63, 3.8) is 0 Å². The SMILES string of the molecule is Cc1ccc(C(C)n2c(CCl)nc3cc(Cl)c(Cl)cc32)o1. The predicted octanol–water partition coefficient (Wildman–Crippen LogP) is 5.59. The lowest BCUT2D eigenvalue weighted by molar-refractivity contribution is 0.429. The molecule has 0 bridgehead atoms. The number of hydrogen-bond acceptors (Lipinski definition) is 2. The summed E-state index contributed by atoms with van der Waals surface area (Å²) in [6, 6.07) is 7.44. The van der Waals surface area contributed by atoms with E-state index in [2.05, 4.69) is 4.98 Å². The summed E-state index contributed by atoms with van der Waals surface area (Å²) in [4.78, 5) is 4.53. The van der Waals surface area contributed by atoms with Gasteiger partial charge in [-0.2, -0.15) is 0 Å². The van der Waals surface area contributed by atoms with Gasteiger partial charge < -0.3 is 8.98 Å². The van der Waals surface area contributed by atoms with Gasteiger partial charge in [0.05, 0.1) is 33.0 Å². The summed E-state index contributed by atoms with van der Waals surface area (Å²) in [6.45, 7) is 3.96. The van der Waals surface area contributed by atoms with Crippen LogP contribution in [-0.4, -0.2) is 9.55 Å². The molecule has 110 valence electrons. The van der Waals surface area contributed by atoms with E-state index in [-0.39, 0.29) is 6.04 Å². The lowest BCUT2D eigenvalue weighted by atomic mass is 10.2. The Bertz CT molecular complexity index is 807. The number of aromatic nitrogens is 2. The van der Waals surface area contributed by atoms with Crippen LogP contribution >= 0.6 is 34.8 Å². The Kier molecular flexibility index (Phi) is 3.91. The van der Waals surface area contributed by atoms with Crippen LogP contribution in [0.2, 0.25) is 10.0 Å². The van der Waals surface area contributed by atoms with E-state index in [1.54, 1.807) is 6.07 Å². The first kappa shape index (κ1) is 14.8. The number of alkyl halides is 1. The second kappa shape index (κ2) is 5.56. The topological polar surface area (TPSA) is 31.0 Å². The van der Waals surface area contributed by atoms with Crippen molar-refractivity contribution in [2.24, 2.45) is 0 Å². The quantitative estimate of drug-likeness (QED) is 0.580. The van der Waals surface area contributed by atoms with E-state index in [1.165, 1.54) is 0 Å². The number of nitrogens with zero attached hydrogens (tertiary/aromatic N) is 2. The van der Waals surface area contributed by atoms with Crippen molar-refractivity contribution in [2.45, 2.75) is 25.8 Å². The van der Waals surface area contributed by atoms with Crippen LogP contribution in [0.15, 0.2) is 28.7 Å². The lowest BCUT2D eigenvalue weighted by Crippen LogP contribution is -2.09. The second-order valence-electron chi connectivity index (χ2n) is 4.91. The van der Waals surface area contributed by atoms with Gasteiger partial charge in [0.1, 0.15) is 17.3 Å². The van der Waals surface area contributed by atoms with Gasteiger partial charge in [0, 0.05) is 0 Å². The molecule has 3 aromatic rings. The highest BCUT2D eigenvalue weighted by molar-refractivity contribution is 6.42. The number of benzene rings is 1. The Morgan fingerprint density at radius 2 is 1.95 bits per heavy atom. The predicted molar refractivity (Wildman–Crippen MR) is 86.6 cm³/mol. The van der Waals surface area contributed by atoms with Gasteiger partial charge in [-0.3, -0.25) is 0 Å². The van der Waals surface area contributed by atoms with E-state index >= 15 is 0 Å². The lowest BCUT2D eigenvalue weighted by Gasteiger charge is -2.15. The normalized spacial score (nSPS) is 13.0. The van der Waals surface area contributed by atoms with Crippen LogP contribution in [0.5, 0.6) is 0 Å². The van der Waals surface area contributed by atoms with Gasteiger partial charge in [0.15, 0.2) is 0 Å². The summed E-state index contributed by atoms with van der Waals surface area (Å²) in [7, 11) is 0. The maximum atomic E-state index is 6.14. The monoisotopic (exact) mass is 342 g/mol. The summed E-state index contributed by atoms with van der Waals surface area (Å²) in [5.41, 5.74) is 1.66.